The lowest BCUT2D eigenvalue weighted by Crippen LogP contribution is -2.52. The van der Waals surface area contributed by atoms with Crippen molar-refractivity contribution in [3.05, 3.63) is 112 Å². The summed E-state index contributed by atoms with van der Waals surface area (Å²) in [6, 6.07) is 20.1. The highest BCUT2D eigenvalue weighted by Gasteiger charge is 2.51. The molecule has 4 aliphatic heterocycles. The summed E-state index contributed by atoms with van der Waals surface area (Å²) in [5.41, 5.74) is 8.47. The number of piperidine rings is 2. The van der Waals surface area contributed by atoms with Gasteiger partial charge < -0.3 is 15.1 Å². The highest BCUT2D eigenvalue weighted by Crippen LogP contribution is 2.52. The van der Waals surface area contributed by atoms with Gasteiger partial charge in [-0.05, 0) is 100 Å². The summed E-state index contributed by atoms with van der Waals surface area (Å²) in [5, 5.41) is 20.6. The Morgan fingerprint density at radius 1 is 0.867 bits per heavy atom. The second kappa shape index (κ2) is 15.7. The zero-order valence-electron chi connectivity index (χ0n) is 33.9. The number of imide groups is 1. The van der Waals surface area contributed by atoms with Crippen LogP contribution in [0.2, 0.25) is 5.02 Å². The average Bonchev–Trinajstić information content (AvgIpc) is 3.53. The molecule has 10 rings (SSSR count). The number of amides is 3. The second-order valence-electron chi connectivity index (χ2n) is 17.0. The molecular weight excluding hydrogens is 776 g/mol. The minimum absolute atomic E-state index is 0.136. The summed E-state index contributed by atoms with van der Waals surface area (Å²) in [6.45, 7) is 6.46. The van der Waals surface area contributed by atoms with Crippen LogP contribution in [-0.4, -0.2) is 89.5 Å². The molecule has 1 aliphatic carbocycles. The topological polar surface area (TPSA) is 143 Å². The first-order valence-corrected chi connectivity index (χ1v) is 21.8. The third-order valence-corrected chi connectivity index (χ3v) is 13.3. The number of hydrogen-bond acceptors (Lipinski definition) is 9. The molecular formula is C46H49ClN10O3. The normalized spacial score (nSPS) is 19.8. The van der Waals surface area contributed by atoms with Gasteiger partial charge >= 0.3 is 0 Å². The Labute approximate surface area is 354 Å². The summed E-state index contributed by atoms with van der Waals surface area (Å²) < 4.78 is 4.25. The van der Waals surface area contributed by atoms with Crippen LogP contribution in [-0.2, 0) is 28.2 Å². The number of fused-ring (bicyclic) bond motifs is 5. The lowest BCUT2D eigenvalue weighted by Gasteiger charge is -2.33. The Hall–Kier alpha value is -5.66. The number of benzene rings is 3. The van der Waals surface area contributed by atoms with E-state index in [1.54, 1.807) is 4.90 Å². The molecule has 1 saturated carbocycles. The molecule has 5 aromatic rings. The predicted octanol–water partition coefficient (Wildman–Crippen LogP) is 6.83. The van der Waals surface area contributed by atoms with Gasteiger partial charge in [-0.1, -0.05) is 48.7 Å². The molecule has 3 fully saturated rings. The second-order valence-corrected chi connectivity index (χ2v) is 17.5. The first kappa shape index (κ1) is 38.5. The van der Waals surface area contributed by atoms with Crippen LogP contribution < -0.4 is 10.6 Å². The lowest BCUT2D eigenvalue weighted by molar-refractivity contribution is -0.136. The van der Waals surface area contributed by atoms with Gasteiger partial charge in [0.2, 0.25) is 11.8 Å². The summed E-state index contributed by atoms with van der Waals surface area (Å²) in [5.74, 6) is 0.984. The molecule has 2 N–H and O–H groups in total. The third-order valence-electron chi connectivity index (χ3n) is 13.0. The SMILES string of the molecule is Cc1nnc2n1-c1ccc(-c3cnn(CCCCCCN4CCC(Nc5cccc6c5CN(C5CCC(=O)NC5=O)C6=O)CC4)c3)cc1C(c1ccc(Cl)cc1)=NC21CC1. The minimum atomic E-state index is -0.606. The zero-order valence-corrected chi connectivity index (χ0v) is 34.6. The van der Waals surface area contributed by atoms with Crippen LogP contribution in [0.4, 0.5) is 5.69 Å². The molecule has 3 aromatic carbocycles. The summed E-state index contributed by atoms with van der Waals surface area (Å²) >= 11 is 6.30. The molecule has 2 aromatic heterocycles. The Balaban J connectivity index is 0.702. The molecule has 14 heteroatoms. The number of nitrogens with zero attached hydrogens (tertiary/aromatic N) is 8. The average molecular weight is 825 g/mol. The maximum Gasteiger partial charge on any atom is 0.255 e. The Kier molecular flexibility index (Phi) is 10.1. The number of carbonyl (C=O) groups is 3. The van der Waals surface area contributed by atoms with E-state index in [1.165, 1.54) is 12.8 Å². The lowest BCUT2D eigenvalue weighted by atomic mass is 9.96. The van der Waals surface area contributed by atoms with Gasteiger partial charge in [-0.3, -0.25) is 33.9 Å². The fourth-order valence-corrected chi connectivity index (χ4v) is 9.62. The number of nitrogens with one attached hydrogen (secondary N) is 2. The van der Waals surface area contributed by atoms with Crippen molar-refractivity contribution in [2.24, 2.45) is 4.99 Å². The van der Waals surface area contributed by atoms with Gasteiger partial charge in [-0.2, -0.15) is 5.10 Å². The standard InChI is InChI=1S/C46H49ClN10O3/c1-29-52-53-45-46(19-20-46)51-42(30-9-12-33(47)13-10-30)36-25-31(11-14-39(36)57(29)45)32-26-48-55(27-32)22-5-3-2-4-21-54-23-17-34(18-24-54)49-38-8-6-7-35-37(38)28-56(44(35)60)40-15-16-41(58)50-43(40)59/h6-14,25-27,34,40,49H,2-5,15-24,28H2,1H3,(H,50,58,59). The van der Waals surface area contributed by atoms with Gasteiger partial charge in [0.15, 0.2) is 5.82 Å². The van der Waals surface area contributed by atoms with Gasteiger partial charge in [0.25, 0.3) is 5.91 Å². The van der Waals surface area contributed by atoms with Gasteiger partial charge in [0.1, 0.15) is 17.4 Å². The van der Waals surface area contributed by atoms with E-state index in [2.05, 4.69) is 71.5 Å². The zero-order chi connectivity index (χ0) is 41.0. The molecule has 308 valence electrons. The molecule has 0 bridgehead atoms. The minimum Gasteiger partial charge on any atom is -0.382 e. The van der Waals surface area contributed by atoms with Crippen molar-refractivity contribution in [3.63, 3.8) is 0 Å². The number of aryl methyl sites for hydroxylation is 2. The van der Waals surface area contributed by atoms with Gasteiger partial charge in [0.05, 0.1) is 17.6 Å². The van der Waals surface area contributed by atoms with Crippen LogP contribution in [0.3, 0.4) is 0 Å². The number of aliphatic imine (C=N–C) groups is 1. The molecule has 5 aliphatic rings. The molecule has 0 radical (unpaired) electrons. The van der Waals surface area contributed by atoms with Crippen molar-refractivity contribution in [1.82, 2.24) is 39.7 Å². The van der Waals surface area contributed by atoms with E-state index in [-0.39, 0.29) is 29.7 Å². The highest BCUT2D eigenvalue weighted by molar-refractivity contribution is 6.30. The van der Waals surface area contributed by atoms with E-state index >= 15 is 0 Å². The summed E-state index contributed by atoms with van der Waals surface area (Å²) in [4.78, 5) is 47.0. The van der Waals surface area contributed by atoms with Crippen molar-refractivity contribution in [3.8, 4) is 16.8 Å². The van der Waals surface area contributed by atoms with Gasteiger partial charge in [-0.25, -0.2) is 0 Å². The van der Waals surface area contributed by atoms with Crippen molar-refractivity contribution in [2.75, 3.05) is 25.0 Å². The number of aromatic nitrogens is 5. The molecule has 1 unspecified atom stereocenters. The largest absolute Gasteiger partial charge is 0.382 e. The maximum atomic E-state index is 13.3. The molecule has 13 nitrogen and oxygen atoms in total. The number of anilines is 1. The van der Waals surface area contributed by atoms with E-state index in [1.807, 2.05) is 43.5 Å². The summed E-state index contributed by atoms with van der Waals surface area (Å²) in [6.07, 6.45) is 13.3. The van der Waals surface area contributed by atoms with Crippen LogP contribution in [0.15, 0.2) is 78.0 Å². The van der Waals surface area contributed by atoms with Crippen molar-refractivity contribution in [2.45, 2.75) is 102 Å². The van der Waals surface area contributed by atoms with Crippen LogP contribution in [0.1, 0.15) is 103 Å². The van der Waals surface area contributed by atoms with E-state index in [9.17, 15) is 14.4 Å². The molecule has 1 spiro atoms. The summed E-state index contributed by atoms with van der Waals surface area (Å²) in [7, 11) is 0. The fourth-order valence-electron chi connectivity index (χ4n) is 9.50. The maximum absolute atomic E-state index is 13.3. The first-order valence-electron chi connectivity index (χ1n) is 21.4. The van der Waals surface area contributed by atoms with E-state index in [0.29, 0.717) is 29.6 Å². The highest BCUT2D eigenvalue weighted by atomic mass is 35.5. The number of likely N-dealkylation sites (tertiary alicyclic amines) is 1. The van der Waals surface area contributed by atoms with E-state index in [4.69, 9.17) is 21.7 Å². The molecule has 1 atom stereocenters. The number of unbranched alkanes of at least 4 members (excludes halogenated alkanes) is 3. The number of rotatable bonds is 12. The predicted molar refractivity (Wildman–Crippen MR) is 229 cm³/mol. The molecule has 6 heterocycles. The van der Waals surface area contributed by atoms with Crippen LogP contribution in [0, 0.1) is 6.92 Å². The first-order chi connectivity index (χ1) is 29.2. The smallest absolute Gasteiger partial charge is 0.255 e. The fraction of sp³-hybridized carbons (Fsp3) is 0.413. The van der Waals surface area contributed by atoms with Gasteiger partial charge in [-0.15, -0.1) is 10.2 Å². The van der Waals surface area contributed by atoms with Crippen LogP contribution in [0.25, 0.3) is 16.8 Å². The van der Waals surface area contributed by atoms with Gasteiger partial charge in [0, 0.05) is 83.4 Å². The molecule has 3 amide bonds. The monoisotopic (exact) mass is 824 g/mol. The van der Waals surface area contributed by atoms with Crippen molar-refractivity contribution >= 4 is 40.7 Å². The molecule has 60 heavy (non-hydrogen) atoms. The van der Waals surface area contributed by atoms with Crippen molar-refractivity contribution in [1.29, 1.82) is 0 Å². The van der Waals surface area contributed by atoms with E-state index < -0.39 is 6.04 Å². The van der Waals surface area contributed by atoms with E-state index in [0.717, 1.165) is 121 Å². The number of halogens is 1. The number of hydrogen-bond donors (Lipinski definition) is 2. The quantitative estimate of drug-likeness (QED) is 0.103. The Morgan fingerprint density at radius 3 is 2.43 bits per heavy atom. The Bertz CT molecular complexity index is 2510. The van der Waals surface area contributed by atoms with Crippen LogP contribution in [0.5, 0.6) is 0 Å². The van der Waals surface area contributed by atoms with Crippen molar-refractivity contribution < 1.29 is 14.4 Å². The van der Waals surface area contributed by atoms with Crippen LogP contribution >= 0.6 is 11.6 Å². The molecule has 2 saturated heterocycles. The number of carbonyl (C=O) groups excluding carboxylic acids is 3. The Morgan fingerprint density at radius 2 is 1.65 bits per heavy atom. The third kappa shape index (κ3) is 7.31.